The molecule has 1 aromatic rings. The number of amides is 2. The van der Waals surface area contributed by atoms with E-state index in [2.05, 4.69) is 10.6 Å². The van der Waals surface area contributed by atoms with Crippen LogP contribution in [0, 0.1) is 17.3 Å². The van der Waals surface area contributed by atoms with Gasteiger partial charge >= 0.3 is 0 Å². The Bertz CT molecular complexity index is 1520. The van der Waals surface area contributed by atoms with E-state index in [1.807, 2.05) is 20.8 Å². The highest BCUT2D eigenvalue weighted by atomic mass is 16.3. The molecular weight excluding hydrogens is 546 g/mol. The van der Waals surface area contributed by atoms with Gasteiger partial charge in [0.1, 0.15) is 28.0 Å². The zero-order valence-electron chi connectivity index (χ0n) is 24.7. The molecule has 226 valence electrons. The van der Waals surface area contributed by atoms with Crippen molar-refractivity contribution in [1.29, 1.82) is 0 Å². The predicted molar refractivity (Wildman–Crippen MR) is 151 cm³/mol. The first-order valence-corrected chi connectivity index (χ1v) is 13.7. The third kappa shape index (κ3) is 3.26. The molecular formula is C29H37N5O8. The number of phenolic OH excluding ortho intramolecular Hbond substituents is 1. The number of fused-ring (bicyclic) bond motifs is 1. The van der Waals surface area contributed by atoms with Crippen molar-refractivity contribution in [2.45, 2.75) is 50.3 Å². The highest BCUT2D eigenvalue weighted by molar-refractivity contribution is 6.37. The zero-order valence-corrected chi connectivity index (χ0v) is 24.7. The molecule has 1 spiro atoms. The lowest BCUT2D eigenvalue weighted by molar-refractivity contribution is -0.157. The molecule has 4 aliphatic carbocycles. The number of Topliss-reactive ketones (excluding diaryl/α,β-unsaturated/α-hetero) is 3. The molecule has 2 saturated carbocycles. The molecule has 0 heterocycles. The Kier molecular flexibility index (Phi) is 6.25. The Morgan fingerprint density at radius 1 is 1.10 bits per heavy atom. The van der Waals surface area contributed by atoms with E-state index in [1.54, 1.807) is 25.1 Å². The van der Waals surface area contributed by atoms with Crippen molar-refractivity contribution in [2.75, 3.05) is 45.0 Å². The quantitative estimate of drug-likeness (QED) is 0.145. The number of hydrogen-bond donors (Lipinski definition) is 6. The average molecular weight is 584 g/mol. The molecule has 42 heavy (non-hydrogen) atoms. The van der Waals surface area contributed by atoms with Crippen molar-refractivity contribution in [3.8, 4) is 5.75 Å². The van der Waals surface area contributed by atoms with Gasteiger partial charge in [-0.15, -0.1) is 0 Å². The fourth-order valence-corrected chi connectivity index (χ4v) is 8.04. The number of aliphatic hydroxyl groups excluding tert-OH is 1. The number of carbonyl (C=O) groups excluding carboxylic acids is 5. The fourth-order valence-electron chi connectivity index (χ4n) is 8.04. The minimum atomic E-state index is -2.78. The lowest BCUT2D eigenvalue weighted by Gasteiger charge is -2.49. The van der Waals surface area contributed by atoms with Gasteiger partial charge in [0.15, 0.2) is 17.2 Å². The summed E-state index contributed by atoms with van der Waals surface area (Å²) in [6, 6.07) is 1.54. The maximum absolute atomic E-state index is 14.9. The maximum atomic E-state index is 14.9. The summed E-state index contributed by atoms with van der Waals surface area (Å²) in [5.41, 5.74) is -2.25. The molecule has 1 unspecified atom stereocenters. The summed E-state index contributed by atoms with van der Waals surface area (Å²) in [5.74, 6) is -8.69. The number of likely N-dealkylation sites (N-methyl/N-ethyl adjacent to an activating group) is 1. The van der Waals surface area contributed by atoms with Crippen molar-refractivity contribution >= 4 is 40.5 Å². The number of benzene rings is 1. The number of aliphatic hydroxyl groups is 2. The number of primary amides is 1. The van der Waals surface area contributed by atoms with Crippen molar-refractivity contribution in [1.82, 2.24) is 10.2 Å². The second kappa shape index (κ2) is 8.85. The van der Waals surface area contributed by atoms with Crippen LogP contribution in [0.1, 0.15) is 43.1 Å². The standard InChI is InChI=1S/C29H37N5O8/c1-26(2,3)31-11-17(35)32-14-10-15(33(4)5)13-8-12-9-16-28(42)22(38)19(24(30)40)23(39)29(16,34(6)7)27(12,25(28)41)21(37)18(13)20(14)36/h10,12,16,31,36,39,42H,8-9,11H2,1-7H3,(H2,30,40)(H,32,35)/t12-,16+,27?,28+,29-/m0/s1. The van der Waals surface area contributed by atoms with Crippen molar-refractivity contribution in [2.24, 2.45) is 23.0 Å². The summed E-state index contributed by atoms with van der Waals surface area (Å²) in [6.07, 6.45) is 0.0707. The minimum absolute atomic E-state index is 0.00195. The van der Waals surface area contributed by atoms with E-state index < -0.39 is 74.6 Å². The van der Waals surface area contributed by atoms with Crippen LogP contribution in [0.3, 0.4) is 0 Å². The van der Waals surface area contributed by atoms with Crippen LogP contribution in [-0.4, -0.2) is 101 Å². The number of rotatable bonds is 6. The first-order chi connectivity index (χ1) is 19.3. The molecule has 13 heteroatoms. The van der Waals surface area contributed by atoms with Gasteiger partial charge in [-0.2, -0.15) is 0 Å². The van der Waals surface area contributed by atoms with Crippen LogP contribution in [0.4, 0.5) is 11.4 Å². The van der Waals surface area contributed by atoms with Crippen LogP contribution in [0.2, 0.25) is 0 Å². The Hall–Kier alpha value is -3.81. The number of nitrogens with zero attached hydrogens (tertiary/aromatic N) is 2. The third-order valence-corrected chi connectivity index (χ3v) is 9.52. The maximum Gasteiger partial charge on any atom is 0.255 e. The first-order valence-electron chi connectivity index (χ1n) is 13.7. The van der Waals surface area contributed by atoms with Crippen molar-refractivity contribution in [3.05, 3.63) is 28.5 Å². The first kappa shape index (κ1) is 29.7. The molecule has 5 atom stereocenters. The Labute approximate surface area is 242 Å². The van der Waals surface area contributed by atoms with Gasteiger partial charge in [0.25, 0.3) is 5.91 Å². The Morgan fingerprint density at radius 2 is 1.71 bits per heavy atom. The highest BCUT2D eigenvalue weighted by Gasteiger charge is 2.90. The second-order valence-electron chi connectivity index (χ2n) is 13.2. The van der Waals surface area contributed by atoms with E-state index in [0.717, 1.165) is 0 Å². The van der Waals surface area contributed by atoms with Crippen LogP contribution in [0.5, 0.6) is 5.75 Å². The molecule has 0 aromatic heterocycles. The monoisotopic (exact) mass is 583 g/mol. The number of carbonyl (C=O) groups is 5. The summed E-state index contributed by atoms with van der Waals surface area (Å²) >= 11 is 0. The number of aromatic hydroxyl groups is 1. The van der Waals surface area contributed by atoms with Crippen LogP contribution in [0.15, 0.2) is 17.4 Å². The number of nitrogens with one attached hydrogen (secondary N) is 2. The van der Waals surface area contributed by atoms with E-state index in [9.17, 15) is 39.3 Å². The molecule has 2 amide bonds. The van der Waals surface area contributed by atoms with E-state index in [-0.39, 0.29) is 36.2 Å². The molecule has 5 rings (SSSR count). The lowest BCUT2D eigenvalue weighted by Crippen LogP contribution is -2.64. The molecule has 0 radical (unpaired) electrons. The summed E-state index contributed by atoms with van der Waals surface area (Å²) in [7, 11) is 6.41. The smallest absolute Gasteiger partial charge is 0.255 e. The van der Waals surface area contributed by atoms with Crippen LogP contribution < -0.4 is 21.3 Å². The molecule has 1 aromatic carbocycles. The normalized spacial score (nSPS) is 31.4. The molecule has 2 fully saturated rings. The zero-order chi connectivity index (χ0) is 31.5. The van der Waals surface area contributed by atoms with Gasteiger partial charge in [0, 0.05) is 31.2 Å². The summed E-state index contributed by atoms with van der Waals surface area (Å²) < 4.78 is 0. The minimum Gasteiger partial charge on any atom is -0.509 e. The number of ketones is 3. The van der Waals surface area contributed by atoms with Gasteiger partial charge in [0.2, 0.25) is 11.7 Å². The molecule has 4 aliphatic rings. The number of nitrogens with two attached hydrogens (primary N) is 1. The van der Waals surface area contributed by atoms with Gasteiger partial charge in [-0.05, 0) is 65.3 Å². The van der Waals surface area contributed by atoms with E-state index in [4.69, 9.17) is 5.73 Å². The van der Waals surface area contributed by atoms with E-state index >= 15 is 0 Å². The second-order valence-corrected chi connectivity index (χ2v) is 13.2. The number of anilines is 2. The van der Waals surface area contributed by atoms with Gasteiger partial charge < -0.3 is 36.6 Å². The van der Waals surface area contributed by atoms with Crippen LogP contribution in [-0.2, 0) is 25.6 Å². The molecule has 7 N–H and O–H groups in total. The largest absolute Gasteiger partial charge is 0.509 e. The molecule has 0 saturated heterocycles. The van der Waals surface area contributed by atoms with E-state index in [0.29, 0.717) is 11.3 Å². The highest BCUT2D eigenvalue weighted by Crippen LogP contribution is 2.74. The molecule has 13 nitrogen and oxygen atoms in total. The van der Waals surface area contributed by atoms with Gasteiger partial charge in [0.05, 0.1) is 17.8 Å². The molecule has 4 bridgehead atoms. The lowest BCUT2D eigenvalue weighted by atomic mass is 9.56. The van der Waals surface area contributed by atoms with Crippen molar-refractivity contribution < 1.29 is 39.3 Å². The fraction of sp³-hybridized carbons (Fsp3) is 0.552. The summed E-state index contributed by atoms with van der Waals surface area (Å²) in [6.45, 7) is 5.55. The van der Waals surface area contributed by atoms with Gasteiger partial charge in [-0.1, -0.05) is 0 Å². The molecule has 0 aliphatic heterocycles. The Morgan fingerprint density at radius 3 is 2.24 bits per heavy atom. The van der Waals surface area contributed by atoms with Gasteiger partial charge in [-0.3, -0.25) is 28.9 Å². The predicted octanol–water partition coefficient (Wildman–Crippen LogP) is -0.360. The SMILES string of the molecule is CN(C)c1cc(NC(=O)CNC(C)(C)C)c(O)c2c1C[C@H]1C[C@@H]3[C@@]4(O)C(=O)C(C(N)=O)=C(O)[C@]3(N(C)C)C1(C2=O)C4=O. The van der Waals surface area contributed by atoms with E-state index in [1.165, 1.54) is 19.0 Å². The third-order valence-electron chi connectivity index (χ3n) is 9.52. The van der Waals surface area contributed by atoms with Gasteiger partial charge in [-0.25, -0.2) is 0 Å². The summed E-state index contributed by atoms with van der Waals surface area (Å²) in [5, 5.41) is 40.6. The topological polar surface area (TPSA) is 203 Å². The summed E-state index contributed by atoms with van der Waals surface area (Å²) in [4.78, 5) is 71.0. The number of hydrogen-bond acceptors (Lipinski definition) is 11. The number of phenols is 1. The van der Waals surface area contributed by atoms with Crippen LogP contribution in [0.25, 0.3) is 0 Å². The van der Waals surface area contributed by atoms with Crippen LogP contribution >= 0.6 is 0 Å². The Balaban J connectivity index is 1.76. The van der Waals surface area contributed by atoms with Crippen molar-refractivity contribution in [3.63, 3.8) is 0 Å². The average Bonchev–Trinajstić information content (AvgIpc) is 3.26.